The molecule has 4 saturated carbocycles. The number of hydrogen-bond donors (Lipinski definition) is 0. The first-order valence-corrected chi connectivity index (χ1v) is 8.54. The minimum atomic E-state index is -0.0387. The van der Waals surface area contributed by atoms with E-state index in [1.165, 1.54) is 19.3 Å². The standard InChI is InChI=1S/C16H19ClN4O/c1-20-12-8-18-14(17)19-13(12)21(15(20)22)16-5-9-2-10(6-16)4-11(3-9)7-16/h8-11H,2-7H2,1H3. The van der Waals surface area contributed by atoms with Crippen molar-refractivity contribution >= 4 is 22.8 Å². The summed E-state index contributed by atoms with van der Waals surface area (Å²) in [5.41, 5.74) is 1.50. The summed E-state index contributed by atoms with van der Waals surface area (Å²) in [7, 11) is 1.80. The summed E-state index contributed by atoms with van der Waals surface area (Å²) in [6, 6.07) is 0. The van der Waals surface area contributed by atoms with Gasteiger partial charge in [0.05, 0.1) is 11.7 Å². The van der Waals surface area contributed by atoms with Gasteiger partial charge in [-0.15, -0.1) is 0 Å². The molecule has 22 heavy (non-hydrogen) atoms. The fourth-order valence-corrected chi connectivity index (χ4v) is 5.99. The molecule has 2 aromatic heterocycles. The summed E-state index contributed by atoms with van der Waals surface area (Å²) in [4.78, 5) is 21.4. The number of halogens is 1. The minimum absolute atomic E-state index is 0.0357. The lowest BCUT2D eigenvalue weighted by molar-refractivity contribution is -0.0430. The van der Waals surface area contributed by atoms with E-state index in [1.54, 1.807) is 17.8 Å². The lowest BCUT2D eigenvalue weighted by atomic mass is 9.53. The van der Waals surface area contributed by atoms with Crippen LogP contribution in [0.2, 0.25) is 5.28 Å². The Morgan fingerprint density at radius 1 is 1.18 bits per heavy atom. The molecule has 2 aromatic rings. The lowest BCUT2D eigenvalue weighted by Gasteiger charge is -2.56. The van der Waals surface area contributed by atoms with Crippen LogP contribution in [0.25, 0.3) is 11.2 Å². The number of aryl methyl sites for hydroxylation is 1. The first-order valence-electron chi connectivity index (χ1n) is 8.16. The van der Waals surface area contributed by atoms with Crippen LogP contribution >= 0.6 is 11.6 Å². The zero-order chi connectivity index (χ0) is 15.1. The van der Waals surface area contributed by atoms with E-state index in [9.17, 15) is 4.79 Å². The summed E-state index contributed by atoms with van der Waals surface area (Å²) < 4.78 is 3.64. The van der Waals surface area contributed by atoms with Crippen LogP contribution in [-0.4, -0.2) is 19.1 Å². The van der Waals surface area contributed by atoms with Crippen molar-refractivity contribution in [3.05, 3.63) is 22.0 Å². The molecule has 0 N–H and O–H groups in total. The highest BCUT2D eigenvalue weighted by Crippen LogP contribution is 2.58. The molecule has 4 bridgehead atoms. The highest BCUT2D eigenvalue weighted by Gasteiger charge is 2.53. The van der Waals surface area contributed by atoms with E-state index < -0.39 is 0 Å². The Hall–Kier alpha value is -1.36. The number of aromatic nitrogens is 4. The Bertz CT molecular complexity index is 801. The average Bonchev–Trinajstić information content (AvgIpc) is 2.69. The van der Waals surface area contributed by atoms with Crippen LogP contribution in [0.5, 0.6) is 0 Å². The van der Waals surface area contributed by atoms with Gasteiger partial charge in [0.25, 0.3) is 0 Å². The second kappa shape index (κ2) is 4.13. The Labute approximate surface area is 133 Å². The highest BCUT2D eigenvalue weighted by atomic mass is 35.5. The van der Waals surface area contributed by atoms with Crippen LogP contribution in [-0.2, 0) is 12.6 Å². The zero-order valence-electron chi connectivity index (χ0n) is 12.6. The van der Waals surface area contributed by atoms with Crippen molar-refractivity contribution in [1.29, 1.82) is 0 Å². The van der Waals surface area contributed by atoms with Crippen LogP contribution in [0.3, 0.4) is 0 Å². The SMILES string of the molecule is Cn1c(=O)n(C23CC4CC(CC(C4)C2)C3)c2nc(Cl)ncc21. The molecular formula is C16H19ClN4O. The van der Waals surface area contributed by atoms with Crippen molar-refractivity contribution in [2.24, 2.45) is 24.8 Å². The monoisotopic (exact) mass is 318 g/mol. The minimum Gasteiger partial charge on any atom is -0.292 e. The van der Waals surface area contributed by atoms with Crippen LogP contribution < -0.4 is 5.69 Å². The van der Waals surface area contributed by atoms with E-state index in [0.717, 1.165) is 48.2 Å². The Balaban J connectivity index is 1.79. The van der Waals surface area contributed by atoms with Gasteiger partial charge in [-0.1, -0.05) is 0 Å². The van der Waals surface area contributed by atoms with Crippen molar-refractivity contribution in [2.75, 3.05) is 0 Å². The summed E-state index contributed by atoms with van der Waals surface area (Å²) in [5.74, 6) is 2.35. The molecule has 0 radical (unpaired) electrons. The molecule has 0 saturated heterocycles. The van der Waals surface area contributed by atoms with Crippen molar-refractivity contribution in [3.63, 3.8) is 0 Å². The van der Waals surface area contributed by atoms with Crippen LogP contribution in [0, 0.1) is 17.8 Å². The predicted octanol–water partition coefficient (Wildman–Crippen LogP) is 2.71. The molecule has 0 aliphatic heterocycles. The predicted molar refractivity (Wildman–Crippen MR) is 83.9 cm³/mol. The van der Waals surface area contributed by atoms with E-state index in [4.69, 9.17) is 11.6 Å². The van der Waals surface area contributed by atoms with Gasteiger partial charge in [-0.05, 0) is 67.9 Å². The van der Waals surface area contributed by atoms with Crippen molar-refractivity contribution in [2.45, 2.75) is 44.1 Å². The van der Waals surface area contributed by atoms with Crippen LogP contribution in [0.15, 0.2) is 11.0 Å². The summed E-state index contributed by atoms with van der Waals surface area (Å²) in [6.45, 7) is 0. The maximum Gasteiger partial charge on any atom is 0.330 e. The first kappa shape index (κ1) is 13.1. The maximum absolute atomic E-state index is 12.9. The van der Waals surface area contributed by atoms with Crippen molar-refractivity contribution in [3.8, 4) is 0 Å². The summed E-state index contributed by atoms with van der Waals surface area (Å²) in [5, 5.41) is 0.219. The van der Waals surface area contributed by atoms with E-state index >= 15 is 0 Å². The van der Waals surface area contributed by atoms with E-state index in [-0.39, 0.29) is 16.5 Å². The molecule has 0 atom stereocenters. The van der Waals surface area contributed by atoms with E-state index in [0.29, 0.717) is 0 Å². The molecule has 4 aliphatic rings. The molecule has 0 unspecified atom stereocenters. The number of rotatable bonds is 1. The first-order chi connectivity index (χ1) is 10.6. The summed E-state index contributed by atoms with van der Waals surface area (Å²) in [6.07, 6.45) is 9.11. The van der Waals surface area contributed by atoms with Crippen molar-refractivity contribution < 1.29 is 0 Å². The van der Waals surface area contributed by atoms with Crippen LogP contribution in [0.1, 0.15) is 38.5 Å². The third-order valence-electron chi connectivity index (χ3n) is 6.25. The molecule has 0 amide bonds. The molecule has 2 heterocycles. The lowest BCUT2D eigenvalue weighted by Crippen LogP contribution is -2.54. The normalized spacial score (nSPS) is 36.4. The third kappa shape index (κ3) is 1.58. The van der Waals surface area contributed by atoms with E-state index in [1.807, 2.05) is 4.57 Å². The van der Waals surface area contributed by atoms with Crippen LogP contribution in [0.4, 0.5) is 0 Å². The molecule has 4 aliphatic carbocycles. The molecule has 4 fully saturated rings. The molecule has 6 rings (SSSR count). The Morgan fingerprint density at radius 3 is 2.36 bits per heavy atom. The van der Waals surface area contributed by atoms with Gasteiger partial charge in [-0.3, -0.25) is 9.13 Å². The highest BCUT2D eigenvalue weighted by molar-refractivity contribution is 6.28. The second-order valence-corrected chi connectivity index (χ2v) is 8.00. The Kier molecular flexibility index (Phi) is 2.46. The third-order valence-corrected chi connectivity index (χ3v) is 6.43. The summed E-state index contributed by atoms with van der Waals surface area (Å²) >= 11 is 6.01. The van der Waals surface area contributed by atoms with Gasteiger partial charge >= 0.3 is 5.69 Å². The zero-order valence-corrected chi connectivity index (χ0v) is 13.4. The average molecular weight is 319 g/mol. The molecule has 116 valence electrons. The maximum atomic E-state index is 12.9. The van der Waals surface area contributed by atoms with Gasteiger partial charge in [0.15, 0.2) is 5.65 Å². The molecule has 6 heteroatoms. The fraction of sp³-hybridized carbons (Fsp3) is 0.688. The number of fused-ring (bicyclic) bond motifs is 1. The van der Waals surface area contributed by atoms with Gasteiger partial charge < -0.3 is 0 Å². The molecule has 0 spiro atoms. The molecule has 0 aromatic carbocycles. The fourth-order valence-electron chi connectivity index (χ4n) is 5.86. The molecular weight excluding hydrogens is 300 g/mol. The number of imidazole rings is 1. The Morgan fingerprint density at radius 2 is 1.77 bits per heavy atom. The topological polar surface area (TPSA) is 52.7 Å². The molecule has 5 nitrogen and oxygen atoms in total. The van der Waals surface area contributed by atoms with Gasteiger partial charge in [0.1, 0.15) is 5.52 Å². The van der Waals surface area contributed by atoms with Crippen molar-refractivity contribution in [1.82, 2.24) is 19.1 Å². The smallest absolute Gasteiger partial charge is 0.292 e. The second-order valence-electron chi connectivity index (χ2n) is 7.67. The largest absolute Gasteiger partial charge is 0.330 e. The van der Waals surface area contributed by atoms with Gasteiger partial charge in [0, 0.05) is 7.05 Å². The number of nitrogens with zero attached hydrogens (tertiary/aromatic N) is 4. The van der Waals surface area contributed by atoms with Gasteiger partial charge in [-0.2, -0.15) is 4.98 Å². The van der Waals surface area contributed by atoms with Gasteiger partial charge in [-0.25, -0.2) is 9.78 Å². The number of hydrogen-bond acceptors (Lipinski definition) is 3. The quantitative estimate of drug-likeness (QED) is 0.760. The van der Waals surface area contributed by atoms with E-state index in [2.05, 4.69) is 9.97 Å². The van der Waals surface area contributed by atoms with Gasteiger partial charge in [0.2, 0.25) is 5.28 Å².